The first-order valence-corrected chi connectivity index (χ1v) is 4.79. The minimum Gasteiger partial charge on any atom is -0.416 e. The van der Waals surface area contributed by atoms with Crippen LogP contribution in [0.3, 0.4) is 0 Å². The third-order valence-electron chi connectivity index (χ3n) is 1.64. The Morgan fingerprint density at radius 1 is 1.00 bits per heavy atom. The van der Waals surface area contributed by atoms with Gasteiger partial charge in [0.25, 0.3) is 0 Å². The van der Waals surface area contributed by atoms with Crippen molar-refractivity contribution in [3.05, 3.63) is 0 Å². The molecule has 1 nitrogen and oxygen atoms in total. The zero-order valence-electron chi connectivity index (χ0n) is 8.05. The molecule has 0 atom stereocenters. The lowest BCUT2D eigenvalue weighted by Gasteiger charge is -2.19. The summed E-state index contributed by atoms with van der Waals surface area (Å²) in [6, 6.07) is 0. The van der Waals surface area contributed by atoms with Gasteiger partial charge in [0.15, 0.2) is 0 Å². The number of rotatable bonds is 5. The maximum atomic E-state index is 5.18. The molecule has 0 saturated carbocycles. The van der Waals surface area contributed by atoms with E-state index in [1.807, 2.05) is 0 Å². The van der Waals surface area contributed by atoms with Crippen LogP contribution in [0, 0.1) is 11.8 Å². The van der Waals surface area contributed by atoms with E-state index in [1.165, 1.54) is 0 Å². The topological polar surface area (TPSA) is 9.23 Å². The summed E-state index contributed by atoms with van der Waals surface area (Å²) in [5.74, 6) is 1.44. The first-order chi connectivity index (χ1) is 5.06. The summed E-state index contributed by atoms with van der Waals surface area (Å²) in [4.78, 5) is 0. The van der Waals surface area contributed by atoms with Crippen molar-refractivity contribution < 1.29 is 4.43 Å². The van der Waals surface area contributed by atoms with Crippen LogP contribution < -0.4 is 0 Å². The summed E-state index contributed by atoms with van der Waals surface area (Å²) in [6.07, 6.45) is 2.66. The van der Waals surface area contributed by atoms with Gasteiger partial charge in [0.2, 0.25) is 10.5 Å². The summed E-state index contributed by atoms with van der Waals surface area (Å²) in [7, 11) is 3.12. The molecule has 0 aromatic rings. The highest BCUT2D eigenvalue weighted by molar-refractivity contribution is 5.98. The molecule has 0 aliphatic heterocycles. The van der Waals surface area contributed by atoms with Crippen LogP contribution in [0.2, 0.25) is 0 Å². The molecule has 0 bridgehead atoms. The molecule has 0 unspecified atom stereocenters. The van der Waals surface area contributed by atoms with Crippen molar-refractivity contribution in [2.24, 2.45) is 11.8 Å². The molecule has 0 rings (SSSR count). The van der Waals surface area contributed by atoms with Crippen LogP contribution in [0.1, 0.15) is 40.5 Å². The highest BCUT2D eigenvalue weighted by Crippen LogP contribution is 2.15. The first kappa shape index (κ1) is 11.2. The average Bonchev–Trinajstić information content (AvgIpc) is 1.84. The van der Waals surface area contributed by atoms with Gasteiger partial charge in [-0.05, 0) is 24.7 Å². The fourth-order valence-corrected chi connectivity index (χ4v) is 1.44. The minimum absolute atomic E-state index is 0.381. The van der Waals surface area contributed by atoms with Crippen LogP contribution in [-0.4, -0.2) is 16.6 Å². The van der Waals surface area contributed by atoms with Crippen molar-refractivity contribution in [2.75, 3.05) is 0 Å². The molecule has 0 fully saturated rings. The standard InChI is InChI=1S/C9H19OSi/c1-7(2)5-9(10-11)6-8(3)4/h7-9H,5-6H2,1-4H3. The van der Waals surface area contributed by atoms with Gasteiger partial charge < -0.3 is 4.43 Å². The summed E-state index contributed by atoms with van der Waals surface area (Å²) in [5, 5.41) is 0. The van der Waals surface area contributed by atoms with E-state index >= 15 is 0 Å². The van der Waals surface area contributed by atoms with E-state index in [0.29, 0.717) is 6.10 Å². The van der Waals surface area contributed by atoms with Crippen molar-refractivity contribution in [2.45, 2.75) is 46.6 Å². The lowest BCUT2D eigenvalue weighted by atomic mass is 9.98. The molecule has 3 radical (unpaired) electrons. The second-order valence-electron chi connectivity index (χ2n) is 4.00. The maximum absolute atomic E-state index is 5.18. The van der Waals surface area contributed by atoms with E-state index in [1.54, 1.807) is 0 Å². The fraction of sp³-hybridized carbons (Fsp3) is 1.00. The molecule has 0 saturated heterocycles. The Morgan fingerprint density at radius 3 is 1.55 bits per heavy atom. The largest absolute Gasteiger partial charge is 0.416 e. The molecule has 2 heteroatoms. The molecule has 0 aliphatic carbocycles. The van der Waals surface area contributed by atoms with Gasteiger partial charge in [-0.15, -0.1) is 0 Å². The monoisotopic (exact) mass is 171 g/mol. The van der Waals surface area contributed by atoms with Crippen LogP contribution >= 0.6 is 0 Å². The Balaban J connectivity index is 3.58. The predicted octanol–water partition coefficient (Wildman–Crippen LogP) is 2.55. The molecule has 0 aliphatic rings. The molecular formula is C9H19OSi. The third kappa shape index (κ3) is 6.57. The van der Waals surface area contributed by atoms with Gasteiger partial charge in [-0.25, -0.2) is 0 Å². The Morgan fingerprint density at radius 2 is 1.36 bits per heavy atom. The lowest BCUT2D eigenvalue weighted by molar-refractivity contribution is 0.164. The highest BCUT2D eigenvalue weighted by Gasteiger charge is 2.10. The molecule has 65 valence electrons. The fourth-order valence-electron chi connectivity index (χ4n) is 1.24. The molecule has 11 heavy (non-hydrogen) atoms. The van der Waals surface area contributed by atoms with Crippen molar-refractivity contribution in [3.8, 4) is 0 Å². The predicted molar refractivity (Wildman–Crippen MR) is 49.5 cm³/mol. The van der Waals surface area contributed by atoms with Gasteiger partial charge in [-0.3, -0.25) is 0 Å². The van der Waals surface area contributed by atoms with E-state index in [0.717, 1.165) is 24.7 Å². The summed E-state index contributed by atoms with van der Waals surface area (Å²) >= 11 is 0. The smallest absolute Gasteiger partial charge is 0.246 e. The Labute approximate surface area is 74.1 Å². The van der Waals surface area contributed by atoms with Gasteiger partial charge >= 0.3 is 0 Å². The summed E-state index contributed by atoms with van der Waals surface area (Å²) in [5.41, 5.74) is 0. The first-order valence-electron chi connectivity index (χ1n) is 4.38. The van der Waals surface area contributed by atoms with Gasteiger partial charge in [0.1, 0.15) is 0 Å². The second-order valence-corrected chi connectivity index (χ2v) is 4.23. The maximum Gasteiger partial charge on any atom is 0.246 e. The van der Waals surface area contributed by atoms with Crippen LogP contribution in [0.15, 0.2) is 0 Å². The average molecular weight is 171 g/mol. The van der Waals surface area contributed by atoms with Crippen molar-refractivity contribution in [1.82, 2.24) is 0 Å². The van der Waals surface area contributed by atoms with E-state index in [9.17, 15) is 0 Å². The normalized spacial score (nSPS) is 12.0. The Kier molecular flexibility index (Phi) is 5.87. The number of hydrogen-bond donors (Lipinski definition) is 0. The molecular weight excluding hydrogens is 152 g/mol. The Hall–Kier alpha value is 0.177. The van der Waals surface area contributed by atoms with Crippen LogP contribution in [0.25, 0.3) is 0 Å². The minimum atomic E-state index is 0.381. The molecule has 0 heterocycles. The van der Waals surface area contributed by atoms with Crippen LogP contribution in [0.5, 0.6) is 0 Å². The zero-order valence-corrected chi connectivity index (χ0v) is 9.05. The van der Waals surface area contributed by atoms with Crippen LogP contribution in [0.4, 0.5) is 0 Å². The van der Waals surface area contributed by atoms with Gasteiger partial charge in [0.05, 0.1) is 0 Å². The summed E-state index contributed by atoms with van der Waals surface area (Å²) in [6.45, 7) is 8.88. The molecule has 0 N–H and O–H groups in total. The quantitative estimate of drug-likeness (QED) is 0.578. The van der Waals surface area contributed by atoms with Crippen LogP contribution in [-0.2, 0) is 4.43 Å². The second kappa shape index (κ2) is 5.78. The Bertz CT molecular complexity index is 81.6. The molecule has 0 aromatic heterocycles. The highest BCUT2D eigenvalue weighted by atomic mass is 28.2. The molecule has 0 spiro atoms. The van der Waals surface area contributed by atoms with Crippen molar-refractivity contribution >= 4 is 10.5 Å². The van der Waals surface area contributed by atoms with E-state index in [-0.39, 0.29) is 0 Å². The van der Waals surface area contributed by atoms with Crippen molar-refractivity contribution in [3.63, 3.8) is 0 Å². The molecule has 0 amide bonds. The molecule has 0 aromatic carbocycles. The van der Waals surface area contributed by atoms with E-state index in [2.05, 4.69) is 38.2 Å². The van der Waals surface area contributed by atoms with Gasteiger partial charge in [0, 0.05) is 6.10 Å². The van der Waals surface area contributed by atoms with Gasteiger partial charge in [-0.2, -0.15) is 0 Å². The van der Waals surface area contributed by atoms with E-state index < -0.39 is 0 Å². The van der Waals surface area contributed by atoms with Crippen molar-refractivity contribution in [1.29, 1.82) is 0 Å². The lowest BCUT2D eigenvalue weighted by Crippen LogP contribution is -2.16. The zero-order chi connectivity index (χ0) is 8.85. The third-order valence-corrected chi connectivity index (χ3v) is 1.97. The summed E-state index contributed by atoms with van der Waals surface area (Å²) < 4.78 is 5.18. The number of hydrogen-bond acceptors (Lipinski definition) is 1. The SMILES string of the molecule is CC(C)CC(CC(C)C)O[Si]. The van der Waals surface area contributed by atoms with E-state index in [4.69, 9.17) is 4.43 Å². The van der Waals surface area contributed by atoms with Gasteiger partial charge in [-0.1, -0.05) is 27.7 Å².